The van der Waals surface area contributed by atoms with E-state index in [-0.39, 0.29) is 5.91 Å². The van der Waals surface area contributed by atoms with Crippen molar-refractivity contribution in [2.45, 2.75) is 25.5 Å². The molecule has 146 valence electrons. The van der Waals surface area contributed by atoms with E-state index in [0.29, 0.717) is 22.5 Å². The second kappa shape index (κ2) is 8.80. The Labute approximate surface area is 174 Å². The zero-order valence-electron chi connectivity index (χ0n) is 16.4. The topological polar surface area (TPSA) is 51.0 Å². The molecule has 0 unspecified atom stereocenters. The maximum atomic E-state index is 12.6. The van der Waals surface area contributed by atoms with Crippen LogP contribution in [-0.2, 0) is 18.4 Å². The predicted molar refractivity (Wildman–Crippen MR) is 115 cm³/mol. The summed E-state index contributed by atoms with van der Waals surface area (Å²) >= 11 is 7.34. The molecule has 0 fully saturated rings. The van der Waals surface area contributed by atoms with Gasteiger partial charge in [0, 0.05) is 31.2 Å². The highest BCUT2D eigenvalue weighted by Crippen LogP contribution is 2.24. The number of hydrogen-bond donors (Lipinski definition) is 0. The van der Waals surface area contributed by atoms with Crippen molar-refractivity contribution in [2.24, 2.45) is 7.05 Å². The predicted octanol–water partition coefficient (Wildman–Crippen LogP) is 4.50. The second-order valence-electron chi connectivity index (χ2n) is 6.84. The van der Waals surface area contributed by atoms with Gasteiger partial charge in [0.25, 0.3) is 0 Å². The maximum absolute atomic E-state index is 12.6. The fourth-order valence-corrected chi connectivity index (χ4v) is 3.87. The SMILES string of the molecule is Cc1ccc(CN(C)C(=O)CSc2nnc(-c3ccc(Cl)cc3)n2C)c(C)c1. The molecule has 0 saturated carbocycles. The van der Waals surface area contributed by atoms with Gasteiger partial charge in [-0.25, -0.2) is 0 Å². The summed E-state index contributed by atoms with van der Waals surface area (Å²) in [6.45, 7) is 4.75. The third-order valence-corrected chi connectivity index (χ3v) is 5.85. The first-order valence-electron chi connectivity index (χ1n) is 8.93. The fourth-order valence-electron chi connectivity index (χ4n) is 2.89. The van der Waals surface area contributed by atoms with Gasteiger partial charge in [0.15, 0.2) is 11.0 Å². The Kier molecular flexibility index (Phi) is 6.42. The molecular weight excluding hydrogens is 392 g/mol. The molecule has 3 aromatic rings. The van der Waals surface area contributed by atoms with E-state index in [1.54, 1.807) is 4.90 Å². The summed E-state index contributed by atoms with van der Waals surface area (Å²) in [5.74, 6) is 1.12. The zero-order chi connectivity index (χ0) is 20.3. The third kappa shape index (κ3) is 4.75. The summed E-state index contributed by atoms with van der Waals surface area (Å²) in [6, 6.07) is 13.8. The van der Waals surface area contributed by atoms with E-state index in [4.69, 9.17) is 11.6 Å². The van der Waals surface area contributed by atoms with E-state index in [2.05, 4.69) is 42.2 Å². The van der Waals surface area contributed by atoms with Crippen LogP contribution in [0.3, 0.4) is 0 Å². The monoisotopic (exact) mass is 414 g/mol. The van der Waals surface area contributed by atoms with Crippen molar-refractivity contribution >= 4 is 29.3 Å². The normalized spacial score (nSPS) is 10.9. The van der Waals surface area contributed by atoms with Crippen molar-refractivity contribution in [1.29, 1.82) is 0 Å². The lowest BCUT2D eigenvalue weighted by atomic mass is 10.1. The highest BCUT2D eigenvalue weighted by atomic mass is 35.5. The molecule has 0 atom stereocenters. The van der Waals surface area contributed by atoms with Crippen molar-refractivity contribution in [3.8, 4) is 11.4 Å². The molecule has 28 heavy (non-hydrogen) atoms. The van der Waals surface area contributed by atoms with Crippen LogP contribution in [-0.4, -0.2) is 38.4 Å². The van der Waals surface area contributed by atoms with E-state index in [0.717, 1.165) is 17.0 Å². The van der Waals surface area contributed by atoms with Crippen molar-refractivity contribution in [3.05, 3.63) is 64.2 Å². The molecule has 1 aromatic heterocycles. The van der Waals surface area contributed by atoms with Crippen molar-refractivity contribution in [2.75, 3.05) is 12.8 Å². The molecule has 0 bridgehead atoms. The summed E-state index contributed by atoms with van der Waals surface area (Å²) in [7, 11) is 3.73. The van der Waals surface area contributed by atoms with Crippen LogP contribution < -0.4 is 0 Å². The minimum atomic E-state index is 0.0565. The van der Waals surface area contributed by atoms with Gasteiger partial charge >= 0.3 is 0 Å². The van der Waals surface area contributed by atoms with Gasteiger partial charge in [-0.05, 0) is 49.2 Å². The summed E-state index contributed by atoms with van der Waals surface area (Å²) in [5, 5.41) is 9.86. The van der Waals surface area contributed by atoms with Crippen LogP contribution in [0, 0.1) is 13.8 Å². The van der Waals surface area contributed by atoms with E-state index < -0.39 is 0 Å². The number of amides is 1. The molecule has 1 amide bonds. The first-order chi connectivity index (χ1) is 13.3. The molecule has 7 heteroatoms. The molecule has 0 aliphatic carbocycles. The first kappa shape index (κ1) is 20.4. The highest BCUT2D eigenvalue weighted by molar-refractivity contribution is 7.99. The van der Waals surface area contributed by atoms with Crippen LogP contribution in [0.5, 0.6) is 0 Å². The summed E-state index contributed by atoms with van der Waals surface area (Å²) in [6.07, 6.45) is 0. The lowest BCUT2D eigenvalue weighted by molar-refractivity contribution is -0.127. The van der Waals surface area contributed by atoms with Gasteiger partial charge in [-0.15, -0.1) is 10.2 Å². The number of thioether (sulfide) groups is 1. The van der Waals surface area contributed by atoms with E-state index >= 15 is 0 Å². The minimum absolute atomic E-state index is 0.0565. The molecule has 3 rings (SSSR count). The Morgan fingerprint density at radius 1 is 1.14 bits per heavy atom. The Bertz CT molecular complexity index is 985. The van der Waals surface area contributed by atoms with Gasteiger partial charge in [-0.1, -0.05) is 47.1 Å². The van der Waals surface area contributed by atoms with Gasteiger partial charge < -0.3 is 9.47 Å². The molecule has 0 saturated heterocycles. The number of carbonyl (C=O) groups is 1. The molecule has 0 aliphatic heterocycles. The lowest BCUT2D eigenvalue weighted by Crippen LogP contribution is -2.28. The highest BCUT2D eigenvalue weighted by Gasteiger charge is 2.15. The Morgan fingerprint density at radius 2 is 1.86 bits per heavy atom. The number of nitrogens with zero attached hydrogens (tertiary/aromatic N) is 4. The fraction of sp³-hybridized carbons (Fsp3) is 0.286. The molecule has 2 aromatic carbocycles. The standard InChI is InChI=1S/C21H23ClN4OS/c1-14-5-6-17(15(2)11-14)12-25(3)19(27)13-28-21-24-23-20(26(21)4)16-7-9-18(22)10-8-16/h5-11H,12-13H2,1-4H3. The smallest absolute Gasteiger partial charge is 0.233 e. The van der Waals surface area contributed by atoms with Crippen molar-refractivity contribution in [1.82, 2.24) is 19.7 Å². The summed E-state index contributed by atoms with van der Waals surface area (Å²) < 4.78 is 1.89. The van der Waals surface area contributed by atoms with Crippen LogP contribution in [0.2, 0.25) is 5.02 Å². The Balaban J connectivity index is 1.62. The molecule has 0 radical (unpaired) electrons. The number of aryl methyl sites for hydroxylation is 2. The minimum Gasteiger partial charge on any atom is -0.341 e. The third-order valence-electron chi connectivity index (χ3n) is 4.59. The second-order valence-corrected chi connectivity index (χ2v) is 8.22. The molecule has 0 N–H and O–H groups in total. The molecule has 1 heterocycles. The van der Waals surface area contributed by atoms with Crippen LogP contribution in [0.4, 0.5) is 0 Å². The van der Waals surface area contributed by atoms with E-state index in [1.807, 2.05) is 42.9 Å². The van der Waals surface area contributed by atoms with Gasteiger partial charge in [0.05, 0.1) is 5.75 Å². The number of hydrogen-bond acceptors (Lipinski definition) is 4. The van der Waals surface area contributed by atoms with Crippen LogP contribution >= 0.6 is 23.4 Å². The van der Waals surface area contributed by atoms with Crippen molar-refractivity contribution < 1.29 is 4.79 Å². The number of carbonyl (C=O) groups excluding carboxylic acids is 1. The maximum Gasteiger partial charge on any atom is 0.233 e. The summed E-state index contributed by atoms with van der Waals surface area (Å²) in [4.78, 5) is 14.3. The molecule has 0 aliphatic rings. The number of benzene rings is 2. The average Bonchev–Trinajstić information content (AvgIpc) is 3.03. The van der Waals surface area contributed by atoms with E-state index in [9.17, 15) is 4.79 Å². The Hall–Kier alpha value is -2.31. The van der Waals surface area contributed by atoms with Crippen LogP contribution in [0.15, 0.2) is 47.6 Å². The quantitative estimate of drug-likeness (QED) is 0.557. The average molecular weight is 415 g/mol. The van der Waals surface area contributed by atoms with Crippen molar-refractivity contribution in [3.63, 3.8) is 0 Å². The number of aromatic nitrogens is 3. The van der Waals surface area contributed by atoms with Gasteiger partial charge in [-0.2, -0.15) is 0 Å². The summed E-state index contributed by atoms with van der Waals surface area (Å²) in [5.41, 5.74) is 4.53. The molecule has 5 nitrogen and oxygen atoms in total. The van der Waals surface area contributed by atoms with Gasteiger partial charge in [0.2, 0.25) is 5.91 Å². The number of halogens is 1. The van der Waals surface area contributed by atoms with E-state index in [1.165, 1.54) is 22.9 Å². The largest absolute Gasteiger partial charge is 0.341 e. The molecule has 0 spiro atoms. The van der Waals surface area contributed by atoms with Crippen LogP contribution in [0.1, 0.15) is 16.7 Å². The molecular formula is C21H23ClN4OS. The Morgan fingerprint density at radius 3 is 2.54 bits per heavy atom. The number of rotatable bonds is 6. The zero-order valence-corrected chi connectivity index (χ0v) is 18.0. The van der Waals surface area contributed by atoms with Crippen LogP contribution in [0.25, 0.3) is 11.4 Å². The lowest BCUT2D eigenvalue weighted by Gasteiger charge is -2.18. The first-order valence-corrected chi connectivity index (χ1v) is 10.3. The van der Waals surface area contributed by atoms with Gasteiger partial charge in [0.1, 0.15) is 0 Å². The van der Waals surface area contributed by atoms with Gasteiger partial charge in [-0.3, -0.25) is 4.79 Å².